The average molecular weight is 338 g/mol. The van der Waals surface area contributed by atoms with Gasteiger partial charge in [0.2, 0.25) is 0 Å². The van der Waals surface area contributed by atoms with Crippen molar-refractivity contribution in [3.63, 3.8) is 0 Å². The molecule has 0 bridgehead atoms. The van der Waals surface area contributed by atoms with Crippen molar-refractivity contribution in [2.24, 2.45) is 4.99 Å². The van der Waals surface area contributed by atoms with Crippen LogP contribution in [0.15, 0.2) is 29.3 Å². The van der Waals surface area contributed by atoms with Gasteiger partial charge in [-0.1, -0.05) is 11.6 Å². The summed E-state index contributed by atoms with van der Waals surface area (Å²) < 4.78 is 41.7. The van der Waals surface area contributed by atoms with Crippen LogP contribution in [0.5, 0.6) is 5.75 Å². The normalized spacial score (nSPS) is 12.1. The Bertz CT molecular complexity index is 463. The first-order valence-electron chi connectivity index (χ1n) is 6.88. The standard InChI is InChI=1S/C14H19ClF3N3O/c1-2-19-13(20-8-7-14(16,17)18)21-9-10-22-12-5-3-11(15)4-6-12/h3-6H,2,7-10H2,1H3,(H2,19,20,21). The molecule has 0 aliphatic heterocycles. The molecule has 1 aromatic rings. The highest BCUT2D eigenvalue weighted by molar-refractivity contribution is 6.30. The van der Waals surface area contributed by atoms with Crippen molar-refractivity contribution >= 4 is 17.6 Å². The van der Waals surface area contributed by atoms with Crippen LogP contribution in [0.4, 0.5) is 13.2 Å². The first-order valence-corrected chi connectivity index (χ1v) is 7.26. The molecule has 22 heavy (non-hydrogen) atoms. The van der Waals surface area contributed by atoms with Crippen molar-refractivity contribution in [2.45, 2.75) is 19.5 Å². The largest absolute Gasteiger partial charge is 0.492 e. The second-order valence-electron chi connectivity index (χ2n) is 4.35. The molecular weight excluding hydrogens is 319 g/mol. The number of nitrogens with one attached hydrogen (secondary N) is 2. The van der Waals surface area contributed by atoms with Gasteiger partial charge in [0.25, 0.3) is 0 Å². The summed E-state index contributed by atoms with van der Waals surface area (Å²) in [6.07, 6.45) is -5.14. The molecule has 8 heteroatoms. The fourth-order valence-electron chi connectivity index (χ4n) is 1.51. The van der Waals surface area contributed by atoms with E-state index in [1.54, 1.807) is 24.3 Å². The van der Waals surface area contributed by atoms with Gasteiger partial charge in [-0.3, -0.25) is 4.99 Å². The van der Waals surface area contributed by atoms with Crippen molar-refractivity contribution in [3.05, 3.63) is 29.3 Å². The molecular formula is C14H19ClF3N3O. The molecule has 0 atom stereocenters. The number of hydrogen-bond donors (Lipinski definition) is 2. The fourth-order valence-corrected chi connectivity index (χ4v) is 1.63. The summed E-state index contributed by atoms with van der Waals surface area (Å²) in [6.45, 7) is 2.86. The highest BCUT2D eigenvalue weighted by Gasteiger charge is 2.26. The molecule has 2 N–H and O–H groups in total. The van der Waals surface area contributed by atoms with Gasteiger partial charge < -0.3 is 15.4 Å². The van der Waals surface area contributed by atoms with Gasteiger partial charge in [0.05, 0.1) is 19.5 Å². The number of hydrogen-bond acceptors (Lipinski definition) is 2. The van der Waals surface area contributed by atoms with Gasteiger partial charge in [-0.15, -0.1) is 0 Å². The Kier molecular flexibility index (Phi) is 7.87. The Labute approximate surface area is 132 Å². The second kappa shape index (κ2) is 9.40. The van der Waals surface area contributed by atoms with Crippen molar-refractivity contribution < 1.29 is 17.9 Å². The molecule has 1 rings (SSSR count). The lowest BCUT2D eigenvalue weighted by Gasteiger charge is -2.12. The Morgan fingerprint density at radius 2 is 1.91 bits per heavy atom. The van der Waals surface area contributed by atoms with E-state index >= 15 is 0 Å². The minimum atomic E-state index is -4.20. The maximum Gasteiger partial charge on any atom is 0.390 e. The molecule has 0 unspecified atom stereocenters. The molecule has 0 fully saturated rings. The predicted octanol–water partition coefficient (Wildman–Crippen LogP) is 3.23. The van der Waals surface area contributed by atoms with Crippen molar-refractivity contribution in [3.8, 4) is 5.75 Å². The summed E-state index contributed by atoms with van der Waals surface area (Å²) in [5, 5.41) is 6.40. The second-order valence-corrected chi connectivity index (χ2v) is 4.79. The number of alkyl halides is 3. The Balaban J connectivity index is 2.31. The van der Waals surface area contributed by atoms with Crippen LogP contribution in [0.3, 0.4) is 0 Å². The quantitative estimate of drug-likeness (QED) is 0.456. The molecule has 1 aromatic carbocycles. The molecule has 0 heterocycles. The third kappa shape index (κ3) is 8.61. The average Bonchev–Trinajstić information content (AvgIpc) is 2.44. The number of benzene rings is 1. The van der Waals surface area contributed by atoms with Crippen molar-refractivity contribution in [1.82, 2.24) is 10.6 Å². The van der Waals surface area contributed by atoms with E-state index < -0.39 is 12.6 Å². The van der Waals surface area contributed by atoms with Crippen molar-refractivity contribution in [1.29, 1.82) is 0 Å². The lowest BCUT2D eigenvalue weighted by atomic mass is 10.3. The molecule has 0 aromatic heterocycles. The Hall–Kier alpha value is -1.63. The maximum atomic E-state index is 12.1. The van der Waals surface area contributed by atoms with Crippen LogP contribution in [0.25, 0.3) is 0 Å². The van der Waals surface area contributed by atoms with E-state index in [4.69, 9.17) is 16.3 Å². The van der Waals surface area contributed by atoms with E-state index in [2.05, 4.69) is 15.6 Å². The van der Waals surface area contributed by atoms with Crippen LogP contribution in [-0.4, -0.2) is 38.4 Å². The summed E-state index contributed by atoms with van der Waals surface area (Å²) >= 11 is 5.76. The van der Waals surface area contributed by atoms with Crippen LogP contribution in [-0.2, 0) is 0 Å². The molecule has 0 saturated carbocycles. The maximum absolute atomic E-state index is 12.1. The Morgan fingerprint density at radius 3 is 2.50 bits per heavy atom. The first-order chi connectivity index (χ1) is 10.4. The highest BCUT2D eigenvalue weighted by atomic mass is 35.5. The number of nitrogens with zero attached hydrogens (tertiary/aromatic N) is 1. The summed E-state index contributed by atoms with van der Waals surface area (Å²) in [5.74, 6) is 1.01. The van der Waals surface area contributed by atoms with E-state index in [0.29, 0.717) is 36.4 Å². The molecule has 124 valence electrons. The summed E-state index contributed by atoms with van der Waals surface area (Å²) in [7, 11) is 0. The van der Waals surface area contributed by atoms with Gasteiger partial charge in [-0.05, 0) is 31.2 Å². The van der Waals surface area contributed by atoms with Crippen LogP contribution in [0, 0.1) is 0 Å². The number of halogens is 4. The molecule has 0 spiro atoms. The molecule has 0 aliphatic rings. The van der Waals surface area contributed by atoms with Gasteiger partial charge in [0, 0.05) is 11.6 Å². The fraction of sp³-hybridized carbons (Fsp3) is 0.500. The molecule has 4 nitrogen and oxygen atoms in total. The smallest absolute Gasteiger partial charge is 0.390 e. The number of ether oxygens (including phenoxy) is 1. The number of rotatable bonds is 7. The summed E-state index contributed by atoms with van der Waals surface area (Å²) in [4.78, 5) is 3.86. The minimum Gasteiger partial charge on any atom is -0.492 e. The van der Waals surface area contributed by atoms with Crippen LogP contribution >= 0.6 is 11.6 Å². The van der Waals surface area contributed by atoms with Crippen LogP contribution < -0.4 is 15.4 Å². The predicted molar refractivity (Wildman–Crippen MR) is 81.6 cm³/mol. The van der Waals surface area contributed by atoms with Gasteiger partial charge in [0.1, 0.15) is 12.4 Å². The monoisotopic (exact) mass is 337 g/mol. The van der Waals surface area contributed by atoms with Gasteiger partial charge >= 0.3 is 6.18 Å². The molecule has 0 amide bonds. The zero-order valence-electron chi connectivity index (χ0n) is 12.2. The van der Waals surface area contributed by atoms with E-state index in [9.17, 15) is 13.2 Å². The van der Waals surface area contributed by atoms with E-state index in [-0.39, 0.29) is 6.54 Å². The van der Waals surface area contributed by atoms with Gasteiger partial charge in [-0.2, -0.15) is 13.2 Å². The Morgan fingerprint density at radius 1 is 1.23 bits per heavy atom. The molecule has 0 aliphatic carbocycles. The molecule has 0 saturated heterocycles. The minimum absolute atomic E-state index is 0.309. The highest BCUT2D eigenvalue weighted by Crippen LogP contribution is 2.18. The van der Waals surface area contributed by atoms with Gasteiger partial charge in [-0.25, -0.2) is 0 Å². The number of guanidine groups is 1. The lowest BCUT2D eigenvalue weighted by molar-refractivity contribution is -0.132. The third-order valence-electron chi connectivity index (χ3n) is 2.49. The summed E-state index contributed by atoms with van der Waals surface area (Å²) in [6, 6.07) is 6.91. The topological polar surface area (TPSA) is 45.7 Å². The van der Waals surface area contributed by atoms with Crippen LogP contribution in [0.2, 0.25) is 5.02 Å². The SMILES string of the molecule is CCNC(=NCCC(F)(F)F)NCCOc1ccc(Cl)cc1. The first kappa shape index (κ1) is 18.4. The van der Waals surface area contributed by atoms with Crippen molar-refractivity contribution in [2.75, 3.05) is 26.2 Å². The van der Waals surface area contributed by atoms with E-state index in [1.807, 2.05) is 6.92 Å². The zero-order chi connectivity index (χ0) is 16.4. The van der Waals surface area contributed by atoms with E-state index in [0.717, 1.165) is 0 Å². The lowest BCUT2D eigenvalue weighted by Crippen LogP contribution is -2.39. The van der Waals surface area contributed by atoms with E-state index in [1.165, 1.54) is 0 Å². The molecule has 0 radical (unpaired) electrons. The third-order valence-corrected chi connectivity index (χ3v) is 2.74. The summed E-state index contributed by atoms with van der Waals surface area (Å²) in [5.41, 5.74) is 0. The zero-order valence-corrected chi connectivity index (χ0v) is 13.0. The van der Waals surface area contributed by atoms with Crippen LogP contribution in [0.1, 0.15) is 13.3 Å². The number of aliphatic imine (C=N–C) groups is 1. The van der Waals surface area contributed by atoms with Gasteiger partial charge in [0.15, 0.2) is 5.96 Å².